The Bertz CT molecular complexity index is 1580. The second-order valence-corrected chi connectivity index (χ2v) is 10.4. The molecule has 0 bridgehead atoms. The minimum atomic E-state index is -0.401. The highest BCUT2D eigenvalue weighted by atomic mass is 35.5. The summed E-state index contributed by atoms with van der Waals surface area (Å²) in [5, 5.41) is 27.9. The Morgan fingerprint density at radius 2 is 1.93 bits per heavy atom. The van der Waals surface area contributed by atoms with Crippen molar-refractivity contribution in [2.75, 3.05) is 16.0 Å². The monoisotopic (exact) mass is 560 g/mol. The largest absolute Gasteiger partial charge is 0.366 e. The number of carbonyl (C=O) groups excluding carboxylic acids is 2. The Kier molecular flexibility index (Phi) is 7.93. The average molecular weight is 561 g/mol. The van der Waals surface area contributed by atoms with Crippen molar-refractivity contribution in [1.82, 2.24) is 29.4 Å². The number of halogens is 1. The molecule has 1 saturated carbocycles. The average Bonchev–Trinajstić information content (AvgIpc) is 3.48. The van der Waals surface area contributed by atoms with Crippen LogP contribution in [0.2, 0.25) is 5.15 Å². The van der Waals surface area contributed by atoms with Crippen LogP contribution >= 0.6 is 11.6 Å². The van der Waals surface area contributed by atoms with Crippen LogP contribution in [-0.2, 0) is 11.8 Å². The van der Waals surface area contributed by atoms with Crippen LogP contribution in [0.25, 0.3) is 5.65 Å². The van der Waals surface area contributed by atoms with Crippen molar-refractivity contribution in [2.24, 2.45) is 13.0 Å². The van der Waals surface area contributed by atoms with Crippen LogP contribution in [-0.4, -0.2) is 47.1 Å². The molecule has 1 fully saturated rings. The summed E-state index contributed by atoms with van der Waals surface area (Å²) in [4.78, 5) is 33.5. The number of nitrogens with zero attached hydrogens (tertiary/aromatic N) is 7. The highest BCUT2D eigenvalue weighted by molar-refractivity contribution is 6.29. The molecule has 0 aromatic carbocycles. The molecule has 13 heteroatoms. The number of anilines is 4. The SMILES string of the molecule is Cc1cc(Nc2cc(NC3CCC(CC(=O)CC#N)CC3)nn3c(C(=O)Nc4ccnc(Cl)c4)cnc23)nn1C. The van der Waals surface area contributed by atoms with Crippen molar-refractivity contribution in [3.8, 4) is 6.07 Å². The van der Waals surface area contributed by atoms with Crippen LogP contribution in [0.3, 0.4) is 0 Å². The van der Waals surface area contributed by atoms with E-state index in [1.165, 1.54) is 16.9 Å². The summed E-state index contributed by atoms with van der Waals surface area (Å²) in [6.07, 6.45) is 6.94. The van der Waals surface area contributed by atoms with Crippen molar-refractivity contribution < 1.29 is 9.59 Å². The van der Waals surface area contributed by atoms with E-state index in [2.05, 4.69) is 31.0 Å². The smallest absolute Gasteiger partial charge is 0.276 e. The number of fused-ring (bicyclic) bond motifs is 1. The topological polar surface area (TPSA) is 155 Å². The van der Waals surface area contributed by atoms with Gasteiger partial charge in [0.15, 0.2) is 17.2 Å². The molecule has 0 unspecified atom stereocenters. The molecular formula is C27H29ClN10O2. The Balaban J connectivity index is 1.40. The minimum absolute atomic E-state index is 0.00597. The van der Waals surface area contributed by atoms with E-state index in [1.54, 1.807) is 16.8 Å². The van der Waals surface area contributed by atoms with Crippen LogP contribution in [0.5, 0.6) is 0 Å². The maximum absolute atomic E-state index is 13.2. The van der Waals surface area contributed by atoms with E-state index in [4.69, 9.17) is 22.0 Å². The molecular weight excluding hydrogens is 532 g/mol. The maximum atomic E-state index is 13.2. The first kappa shape index (κ1) is 27.1. The number of aryl methyl sites for hydroxylation is 2. The number of pyridine rings is 1. The fraction of sp³-hybridized carbons (Fsp3) is 0.370. The number of amides is 1. The molecule has 206 valence electrons. The van der Waals surface area contributed by atoms with E-state index in [0.29, 0.717) is 41.0 Å². The van der Waals surface area contributed by atoms with Gasteiger partial charge < -0.3 is 16.0 Å². The Labute approximate surface area is 235 Å². The number of nitrogens with one attached hydrogen (secondary N) is 3. The second kappa shape index (κ2) is 11.7. The van der Waals surface area contributed by atoms with Gasteiger partial charge in [-0.3, -0.25) is 14.3 Å². The molecule has 0 radical (unpaired) electrons. The molecule has 1 aliphatic rings. The van der Waals surface area contributed by atoms with E-state index >= 15 is 0 Å². The fourth-order valence-electron chi connectivity index (χ4n) is 4.92. The van der Waals surface area contributed by atoms with Crippen molar-refractivity contribution in [3.63, 3.8) is 0 Å². The number of carbonyl (C=O) groups is 2. The predicted octanol–water partition coefficient (Wildman–Crippen LogP) is 4.66. The van der Waals surface area contributed by atoms with Crippen LogP contribution in [0.15, 0.2) is 36.7 Å². The van der Waals surface area contributed by atoms with Crippen LogP contribution in [0.1, 0.15) is 54.7 Å². The number of nitriles is 1. The Morgan fingerprint density at radius 3 is 2.62 bits per heavy atom. The lowest BCUT2D eigenvalue weighted by molar-refractivity contribution is -0.119. The second-order valence-electron chi connectivity index (χ2n) is 10.0. The molecule has 0 spiro atoms. The molecule has 4 aromatic rings. The number of imidazole rings is 1. The molecule has 5 rings (SSSR count). The van der Waals surface area contributed by atoms with Gasteiger partial charge in [-0.2, -0.15) is 10.4 Å². The van der Waals surface area contributed by atoms with Gasteiger partial charge in [0.1, 0.15) is 16.8 Å². The summed E-state index contributed by atoms with van der Waals surface area (Å²) in [6.45, 7) is 1.96. The van der Waals surface area contributed by atoms with Crippen molar-refractivity contribution in [2.45, 2.75) is 51.5 Å². The summed E-state index contributed by atoms with van der Waals surface area (Å²) < 4.78 is 3.27. The summed E-state index contributed by atoms with van der Waals surface area (Å²) in [6, 6.07) is 9.08. The zero-order valence-corrected chi connectivity index (χ0v) is 22.9. The number of hydrogen-bond donors (Lipinski definition) is 3. The third-order valence-corrected chi connectivity index (χ3v) is 7.26. The lowest BCUT2D eigenvalue weighted by atomic mass is 9.83. The molecule has 4 aromatic heterocycles. The fourth-order valence-corrected chi connectivity index (χ4v) is 5.10. The molecule has 4 heterocycles. The number of rotatable bonds is 9. The normalized spacial score (nSPS) is 16.9. The van der Waals surface area contributed by atoms with E-state index < -0.39 is 5.91 Å². The van der Waals surface area contributed by atoms with Gasteiger partial charge in [-0.1, -0.05) is 11.6 Å². The van der Waals surface area contributed by atoms with Crippen LogP contribution in [0.4, 0.5) is 23.0 Å². The standard InChI is InChI=1S/C27H29ClN10O2/c1-16-11-24(35-37(16)2)34-21-14-25(32-18-5-3-17(4-6-18)12-20(39)7-9-29)36-38-22(15-31-26(21)38)27(40)33-19-8-10-30-23(28)13-19/h8,10-11,13-15,17-18H,3-7,12H2,1-2H3,(H,32,36)(H,34,35)(H,30,33,40). The number of aromatic nitrogens is 6. The maximum Gasteiger partial charge on any atom is 0.276 e. The number of hydrogen-bond acceptors (Lipinski definition) is 9. The van der Waals surface area contributed by atoms with E-state index in [1.807, 2.05) is 32.2 Å². The minimum Gasteiger partial charge on any atom is -0.366 e. The van der Waals surface area contributed by atoms with E-state index in [-0.39, 0.29) is 29.1 Å². The molecule has 12 nitrogen and oxygen atoms in total. The van der Waals surface area contributed by atoms with Crippen molar-refractivity contribution >= 4 is 51.9 Å². The summed E-state index contributed by atoms with van der Waals surface area (Å²) in [7, 11) is 1.86. The lowest BCUT2D eigenvalue weighted by Gasteiger charge is -2.29. The lowest BCUT2D eigenvalue weighted by Crippen LogP contribution is -2.28. The van der Waals surface area contributed by atoms with Gasteiger partial charge in [0.05, 0.1) is 24.4 Å². The first-order valence-electron chi connectivity index (χ1n) is 13.0. The van der Waals surface area contributed by atoms with Crippen molar-refractivity contribution in [3.05, 3.63) is 53.2 Å². The highest BCUT2D eigenvalue weighted by Crippen LogP contribution is 2.31. The van der Waals surface area contributed by atoms with Gasteiger partial charge in [-0.15, -0.1) is 5.10 Å². The molecule has 40 heavy (non-hydrogen) atoms. The molecule has 0 aliphatic heterocycles. The summed E-state index contributed by atoms with van der Waals surface area (Å²) >= 11 is 5.97. The van der Waals surface area contributed by atoms with Gasteiger partial charge in [0.2, 0.25) is 0 Å². The highest BCUT2D eigenvalue weighted by Gasteiger charge is 2.24. The van der Waals surface area contributed by atoms with E-state index in [0.717, 1.165) is 31.4 Å². The van der Waals surface area contributed by atoms with Gasteiger partial charge in [-0.25, -0.2) is 14.5 Å². The zero-order valence-electron chi connectivity index (χ0n) is 22.2. The van der Waals surface area contributed by atoms with E-state index in [9.17, 15) is 9.59 Å². The first-order valence-corrected chi connectivity index (χ1v) is 13.4. The van der Waals surface area contributed by atoms with Gasteiger partial charge in [0.25, 0.3) is 5.91 Å². The Hall–Kier alpha value is -4.50. The third-order valence-electron chi connectivity index (χ3n) is 7.05. The van der Waals surface area contributed by atoms with Crippen LogP contribution in [0, 0.1) is 24.2 Å². The third kappa shape index (κ3) is 6.21. The quantitative estimate of drug-likeness (QED) is 0.248. The van der Waals surface area contributed by atoms with Gasteiger partial charge in [0, 0.05) is 49.2 Å². The predicted molar refractivity (Wildman–Crippen MR) is 151 cm³/mol. The van der Waals surface area contributed by atoms with Crippen molar-refractivity contribution in [1.29, 1.82) is 5.26 Å². The van der Waals surface area contributed by atoms with Crippen LogP contribution < -0.4 is 16.0 Å². The van der Waals surface area contributed by atoms with Gasteiger partial charge >= 0.3 is 0 Å². The molecule has 0 atom stereocenters. The van der Waals surface area contributed by atoms with Gasteiger partial charge in [-0.05, 0) is 50.7 Å². The number of ketones is 1. The first-order chi connectivity index (χ1) is 19.3. The Morgan fingerprint density at radius 1 is 1.12 bits per heavy atom. The summed E-state index contributed by atoms with van der Waals surface area (Å²) in [5.74, 6) is 1.12. The number of Topliss-reactive ketones (excluding diaryl/α,β-unsaturated/α-hetero) is 1. The molecule has 3 N–H and O–H groups in total. The molecule has 0 saturated heterocycles. The summed E-state index contributed by atoms with van der Waals surface area (Å²) in [5.41, 5.74) is 2.83. The molecule has 1 aliphatic carbocycles. The molecule has 1 amide bonds. The zero-order chi connectivity index (χ0) is 28.2.